The first-order chi connectivity index (χ1) is 8.72. The average molecular weight is 245 g/mol. The van der Waals surface area contributed by atoms with Gasteiger partial charge in [-0.25, -0.2) is 4.79 Å². The molecular weight excluding hydrogens is 234 g/mol. The molecule has 2 rings (SSSR count). The van der Waals surface area contributed by atoms with Crippen LogP contribution in [0.2, 0.25) is 0 Å². The average Bonchev–Trinajstić information content (AvgIpc) is 2.37. The number of aliphatic imine (C=N–C) groups is 1. The highest BCUT2D eigenvalue weighted by atomic mass is 16.5. The Bertz CT molecular complexity index is 546. The first kappa shape index (κ1) is 12.0. The normalized spacial score (nSPS) is 13.9. The molecule has 1 aliphatic heterocycles. The maximum atomic E-state index is 10.5. The lowest BCUT2D eigenvalue weighted by molar-refractivity contribution is -0.131. The number of hydrogen-bond acceptors (Lipinski definition) is 4. The van der Waals surface area contributed by atoms with Crippen molar-refractivity contribution in [2.45, 2.75) is 6.42 Å². The zero-order chi connectivity index (χ0) is 13.0. The summed E-state index contributed by atoms with van der Waals surface area (Å²) in [5.41, 5.74) is 2.49. The number of aliphatic carboxylic acids is 1. The quantitative estimate of drug-likeness (QED) is 0.642. The summed E-state index contributed by atoms with van der Waals surface area (Å²) in [6.45, 7) is 0.863. The summed E-state index contributed by atoms with van der Waals surface area (Å²) < 4.78 is 4.82. The predicted molar refractivity (Wildman–Crippen MR) is 65.4 cm³/mol. The molecule has 0 aromatic heterocycles. The van der Waals surface area contributed by atoms with Crippen molar-refractivity contribution in [3.8, 4) is 0 Å². The highest BCUT2D eigenvalue weighted by Gasteiger charge is 2.17. The van der Waals surface area contributed by atoms with Crippen LogP contribution in [-0.4, -0.2) is 30.0 Å². The Morgan fingerprint density at radius 1 is 1.44 bits per heavy atom. The van der Waals surface area contributed by atoms with Crippen molar-refractivity contribution in [3.63, 3.8) is 0 Å². The Kier molecular flexibility index (Phi) is 3.52. The molecule has 0 unspecified atom stereocenters. The van der Waals surface area contributed by atoms with Crippen LogP contribution in [0.4, 0.5) is 0 Å². The van der Waals surface area contributed by atoms with E-state index in [0.717, 1.165) is 22.8 Å². The molecule has 1 heterocycles. The summed E-state index contributed by atoms with van der Waals surface area (Å²) in [5, 5.41) is 8.63. The molecule has 0 amide bonds. The zero-order valence-electron chi connectivity index (χ0n) is 9.50. The third-order valence-electron chi connectivity index (χ3n) is 2.63. The molecule has 0 aliphatic carbocycles. The van der Waals surface area contributed by atoms with E-state index in [1.54, 1.807) is 12.1 Å². The molecule has 92 valence electrons. The van der Waals surface area contributed by atoms with Gasteiger partial charge in [0, 0.05) is 18.2 Å². The van der Waals surface area contributed by atoms with Gasteiger partial charge in [0.25, 0.3) is 6.47 Å². The van der Waals surface area contributed by atoms with E-state index in [0.29, 0.717) is 19.4 Å². The molecule has 1 N–H and O–H groups in total. The van der Waals surface area contributed by atoms with Crippen molar-refractivity contribution in [1.82, 2.24) is 0 Å². The minimum absolute atomic E-state index is 0.289. The molecule has 5 heteroatoms. The molecule has 1 aromatic carbocycles. The van der Waals surface area contributed by atoms with Gasteiger partial charge >= 0.3 is 5.97 Å². The van der Waals surface area contributed by atoms with Crippen LogP contribution < -0.4 is 0 Å². The van der Waals surface area contributed by atoms with Gasteiger partial charge < -0.3 is 9.84 Å². The fourth-order valence-corrected chi connectivity index (χ4v) is 1.90. The molecule has 0 saturated heterocycles. The van der Waals surface area contributed by atoms with Crippen LogP contribution in [0.5, 0.6) is 0 Å². The highest BCUT2D eigenvalue weighted by molar-refractivity contribution is 6.00. The molecule has 0 fully saturated rings. The lowest BCUT2D eigenvalue weighted by Gasteiger charge is -2.16. The van der Waals surface area contributed by atoms with E-state index in [4.69, 9.17) is 9.84 Å². The number of rotatable bonds is 3. The monoisotopic (exact) mass is 245 g/mol. The van der Waals surface area contributed by atoms with E-state index >= 15 is 0 Å². The lowest BCUT2D eigenvalue weighted by Crippen LogP contribution is -2.16. The number of ether oxygens (including phenoxy) is 1. The van der Waals surface area contributed by atoms with E-state index in [-0.39, 0.29) is 5.90 Å². The summed E-state index contributed by atoms with van der Waals surface area (Å²) in [4.78, 5) is 25.0. The third kappa shape index (κ3) is 2.45. The SMILES string of the molecule is O=COC1=NCCc2c(/C=C/C(=O)O)cccc21. The Balaban J connectivity index is 2.42. The van der Waals surface area contributed by atoms with E-state index < -0.39 is 5.97 Å². The first-order valence-electron chi connectivity index (χ1n) is 5.40. The third-order valence-corrected chi connectivity index (χ3v) is 2.63. The molecule has 0 radical (unpaired) electrons. The number of hydrogen-bond donors (Lipinski definition) is 1. The van der Waals surface area contributed by atoms with Crippen LogP contribution in [0.3, 0.4) is 0 Å². The van der Waals surface area contributed by atoms with Crippen molar-refractivity contribution in [2.75, 3.05) is 6.54 Å². The number of carbonyl (C=O) groups excluding carboxylic acids is 1. The van der Waals surface area contributed by atoms with Gasteiger partial charge in [0.2, 0.25) is 5.90 Å². The number of carbonyl (C=O) groups is 2. The molecule has 0 saturated carbocycles. The fourth-order valence-electron chi connectivity index (χ4n) is 1.90. The topological polar surface area (TPSA) is 76.0 Å². The molecule has 0 spiro atoms. The van der Waals surface area contributed by atoms with Crippen molar-refractivity contribution < 1.29 is 19.4 Å². The Morgan fingerprint density at radius 2 is 2.28 bits per heavy atom. The van der Waals surface area contributed by atoms with Gasteiger partial charge in [-0.15, -0.1) is 0 Å². The van der Waals surface area contributed by atoms with E-state index in [2.05, 4.69) is 4.99 Å². The van der Waals surface area contributed by atoms with Gasteiger partial charge in [0.15, 0.2) is 0 Å². The second-order valence-electron chi connectivity index (χ2n) is 3.70. The summed E-state index contributed by atoms with van der Waals surface area (Å²) in [6, 6.07) is 5.40. The number of fused-ring (bicyclic) bond motifs is 1. The van der Waals surface area contributed by atoms with Crippen molar-refractivity contribution in [1.29, 1.82) is 0 Å². The number of nitrogens with zero attached hydrogens (tertiary/aromatic N) is 1. The van der Waals surface area contributed by atoms with E-state index in [1.165, 1.54) is 6.08 Å². The number of carboxylic acids is 1. The van der Waals surface area contributed by atoms with Crippen molar-refractivity contribution >= 4 is 24.4 Å². The molecule has 1 aromatic rings. The second-order valence-corrected chi connectivity index (χ2v) is 3.70. The zero-order valence-corrected chi connectivity index (χ0v) is 9.50. The fraction of sp³-hybridized carbons (Fsp3) is 0.154. The standard InChI is InChI=1S/C13H11NO4/c15-8-18-13-11-3-1-2-9(4-5-12(16)17)10(11)6-7-14-13/h1-5,8H,6-7H2,(H,16,17)/b5-4+. The summed E-state index contributed by atoms with van der Waals surface area (Å²) in [6.07, 6.45) is 3.31. The summed E-state index contributed by atoms with van der Waals surface area (Å²) in [7, 11) is 0. The van der Waals surface area contributed by atoms with Gasteiger partial charge in [-0.2, -0.15) is 0 Å². The number of carboxylic acid groups (broad SMARTS) is 1. The second kappa shape index (κ2) is 5.27. The van der Waals surface area contributed by atoms with Crippen LogP contribution in [0.1, 0.15) is 16.7 Å². The van der Waals surface area contributed by atoms with Crippen LogP contribution in [-0.2, 0) is 20.7 Å². The van der Waals surface area contributed by atoms with E-state index in [9.17, 15) is 9.59 Å². The van der Waals surface area contributed by atoms with Crippen LogP contribution in [0.15, 0.2) is 29.3 Å². The minimum atomic E-state index is -0.999. The molecule has 18 heavy (non-hydrogen) atoms. The van der Waals surface area contributed by atoms with Crippen LogP contribution in [0, 0.1) is 0 Å². The van der Waals surface area contributed by atoms with Crippen LogP contribution in [0.25, 0.3) is 6.08 Å². The number of benzene rings is 1. The smallest absolute Gasteiger partial charge is 0.328 e. The largest absolute Gasteiger partial charge is 0.478 e. The molecular formula is C13H11NO4. The predicted octanol–water partition coefficient (Wildman–Crippen LogP) is 1.26. The van der Waals surface area contributed by atoms with Crippen LogP contribution >= 0.6 is 0 Å². The van der Waals surface area contributed by atoms with Gasteiger partial charge in [-0.05, 0) is 29.7 Å². The molecule has 0 atom stereocenters. The molecule has 5 nitrogen and oxygen atoms in total. The maximum absolute atomic E-state index is 10.5. The van der Waals surface area contributed by atoms with E-state index in [1.807, 2.05) is 6.07 Å². The highest BCUT2D eigenvalue weighted by Crippen LogP contribution is 2.22. The van der Waals surface area contributed by atoms with Gasteiger partial charge in [-0.3, -0.25) is 9.79 Å². The maximum Gasteiger partial charge on any atom is 0.328 e. The molecule has 1 aliphatic rings. The Labute approximate surface area is 103 Å². The van der Waals surface area contributed by atoms with Crippen molar-refractivity contribution in [3.05, 3.63) is 41.0 Å². The Hall–Kier alpha value is -2.43. The molecule has 0 bridgehead atoms. The minimum Gasteiger partial charge on any atom is -0.478 e. The Morgan fingerprint density at radius 3 is 3.00 bits per heavy atom. The summed E-state index contributed by atoms with van der Waals surface area (Å²) in [5.74, 6) is -0.710. The van der Waals surface area contributed by atoms with Gasteiger partial charge in [0.1, 0.15) is 0 Å². The van der Waals surface area contributed by atoms with Crippen molar-refractivity contribution in [2.24, 2.45) is 4.99 Å². The van der Waals surface area contributed by atoms with Gasteiger partial charge in [-0.1, -0.05) is 12.1 Å². The first-order valence-corrected chi connectivity index (χ1v) is 5.40. The van der Waals surface area contributed by atoms with Gasteiger partial charge in [0.05, 0.1) is 0 Å². The lowest BCUT2D eigenvalue weighted by atomic mass is 9.96. The summed E-state index contributed by atoms with van der Waals surface area (Å²) >= 11 is 0.